The normalized spacial score (nSPS) is 12.2. The standard InChI is InChI=1S/C9H12N4O2S/c1-3-7-4-5-8-11-6(2)9(13(8)12-7)16(10,14)15/h4-5H,3H2,1-2H3,(H2,10,14,15). The molecule has 0 bridgehead atoms. The Morgan fingerprint density at radius 2 is 2.12 bits per heavy atom. The summed E-state index contributed by atoms with van der Waals surface area (Å²) in [5.41, 5.74) is 1.64. The first-order chi connectivity index (χ1) is 7.43. The molecule has 16 heavy (non-hydrogen) atoms. The Morgan fingerprint density at radius 3 is 2.69 bits per heavy atom. The minimum absolute atomic E-state index is 0.0437. The lowest BCUT2D eigenvalue weighted by Crippen LogP contribution is -2.17. The summed E-state index contributed by atoms with van der Waals surface area (Å²) >= 11 is 0. The average molecular weight is 240 g/mol. The quantitative estimate of drug-likeness (QED) is 0.814. The van der Waals surface area contributed by atoms with Crippen LogP contribution in [0.15, 0.2) is 17.2 Å². The van der Waals surface area contributed by atoms with Gasteiger partial charge in [-0.05, 0) is 25.5 Å². The van der Waals surface area contributed by atoms with Crippen LogP contribution in [-0.2, 0) is 16.4 Å². The van der Waals surface area contributed by atoms with Crippen LogP contribution in [0.1, 0.15) is 18.3 Å². The lowest BCUT2D eigenvalue weighted by Gasteiger charge is -2.00. The van der Waals surface area contributed by atoms with E-state index >= 15 is 0 Å². The third-order valence-corrected chi connectivity index (χ3v) is 3.29. The van der Waals surface area contributed by atoms with Gasteiger partial charge in [-0.2, -0.15) is 5.10 Å². The van der Waals surface area contributed by atoms with Crippen molar-refractivity contribution < 1.29 is 8.42 Å². The second-order valence-corrected chi connectivity index (χ2v) is 4.97. The molecule has 0 unspecified atom stereocenters. The first-order valence-electron chi connectivity index (χ1n) is 4.81. The van der Waals surface area contributed by atoms with Gasteiger partial charge in [0.25, 0.3) is 10.0 Å². The van der Waals surface area contributed by atoms with Crippen molar-refractivity contribution in [1.82, 2.24) is 14.6 Å². The van der Waals surface area contributed by atoms with E-state index in [1.165, 1.54) is 4.52 Å². The molecule has 0 aliphatic carbocycles. The molecule has 6 nitrogen and oxygen atoms in total. The Balaban J connectivity index is 2.87. The molecule has 0 saturated carbocycles. The zero-order valence-electron chi connectivity index (χ0n) is 9.01. The summed E-state index contributed by atoms with van der Waals surface area (Å²) in [5.74, 6) is 0. The molecule has 0 saturated heterocycles. The molecule has 0 spiro atoms. The number of aromatic nitrogens is 3. The van der Waals surface area contributed by atoms with E-state index in [9.17, 15) is 8.42 Å². The number of imidazole rings is 1. The second-order valence-electron chi connectivity index (χ2n) is 3.50. The van der Waals surface area contributed by atoms with E-state index in [1.54, 1.807) is 13.0 Å². The maximum Gasteiger partial charge on any atom is 0.257 e. The highest BCUT2D eigenvalue weighted by Crippen LogP contribution is 2.15. The fraction of sp³-hybridized carbons (Fsp3) is 0.333. The van der Waals surface area contributed by atoms with Gasteiger partial charge in [-0.15, -0.1) is 0 Å². The molecule has 0 aliphatic heterocycles. The van der Waals surface area contributed by atoms with Crippen LogP contribution in [0.25, 0.3) is 5.65 Å². The number of fused-ring (bicyclic) bond motifs is 1. The largest absolute Gasteiger partial charge is 0.257 e. The van der Waals surface area contributed by atoms with Crippen molar-refractivity contribution in [2.45, 2.75) is 25.3 Å². The molecule has 2 N–H and O–H groups in total. The summed E-state index contributed by atoms with van der Waals surface area (Å²) in [6, 6.07) is 3.54. The first-order valence-corrected chi connectivity index (χ1v) is 6.36. The molecule has 0 atom stereocenters. The van der Waals surface area contributed by atoms with E-state index in [0.29, 0.717) is 11.3 Å². The summed E-state index contributed by atoms with van der Waals surface area (Å²) in [7, 11) is -3.80. The van der Waals surface area contributed by atoms with E-state index in [1.807, 2.05) is 13.0 Å². The fourth-order valence-corrected chi connectivity index (χ4v) is 2.41. The van der Waals surface area contributed by atoms with Crippen molar-refractivity contribution >= 4 is 15.7 Å². The summed E-state index contributed by atoms with van der Waals surface area (Å²) in [6.07, 6.45) is 0.719. The number of sulfonamides is 1. The molecule has 0 aliphatic rings. The van der Waals surface area contributed by atoms with E-state index in [-0.39, 0.29) is 5.03 Å². The Morgan fingerprint density at radius 1 is 1.44 bits per heavy atom. The number of nitrogens with zero attached hydrogens (tertiary/aromatic N) is 3. The second kappa shape index (κ2) is 3.53. The van der Waals surface area contributed by atoms with Crippen LogP contribution in [0.3, 0.4) is 0 Å². The monoisotopic (exact) mass is 240 g/mol. The lowest BCUT2D eigenvalue weighted by molar-refractivity contribution is 0.588. The van der Waals surface area contributed by atoms with Gasteiger partial charge in [-0.1, -0.05) is 6.92 Å². The summed E-state index contributed by atoms with van der Waals surface area (Å²) in [4.78, 5) is 4.10. The first kappa shape index (κ1) is 11.0. The topological polar surface area (TPSA) is 90.3 Å². The SMILES string of the molecule is CCc1ccc2nc(C)c(S(N)(=O)=O)n2n1. The van der Waals surface area contributed by atoms with Crippen molar-refractivity contribution in [3.8, 4) is 0 Å². The average Bonchev–Trinajstić information content (AvgIpc) is 2.51. The zero-order chi connectivity index (χ0) is 11.9. The molecule has 0 amide bonds. The molecular formula is C9H12N4O2S. The van der Waals surface area contributed by atoms with Gasteiger partial charge in [0.2, 0.25) is 0 Å². The minimum atomic E-state index is -3.80. The molecule has 0 fully saturated rings. The Labute approximate surface area is 93.2 Å². The molecule has 7 heteroatoms. The third kappa shape index (κ3) is 1.68. The van der Waals surface area contributed by atoms with E-state index < -0.39 is 10.0 Å². The molecule has 86 valence electrons. The lowest BCUT2D eigenvalue weighted by atomic mass is 10.3. The fourth-order valence-electron chi connectivity index (χ4n) is 1.58. The van der Waals surface area contributed by atoms with Crippen molar-refractivity contribution in [2.75, 3.05) is 0 Å². The van der Waals surface area contributed by atoms with Crippen LogP contribution in [-0.4, -0.2) is 23.0 Å². The highest BCUT2D eigenvalue weighted by Gasteiger charge is 2.20. The highest BCUT2D eigenvalue weighted by atomic mass is 32.2. The molecule has 2 aromatic heterocycles. The number of hydrogen-bond donors (Lipinski definition) is 1. The highest BCUT2D eigenvalue weighted by molar-refractivity contribution is 7.89. The van der Waals surface area contributed by atoms with Crippen LogP contribution >= 0.6 is 0 Å². The van der Waals surface area contributed by atoms with Gasteiger partial charge in [0.1, 0.15) is 0 Å². The minimum Gasteiger partial charge on any atom is -0.231 e. The van der Waals surface area contributed by atoms with Gasteiger partial charge in [0.15, 0.2) is 10.7 Å². The Bertz CT molecular complexity index is 645. The predicted molar refractivity (Wildman–Crippen MR) is 58.5 cm³/mol. The third-order valence-electron chi connectivity index (χ3n) is 2.29. The Kier molecular flexibility index (Phi) is 2.43. The molecule has 2 aromatic rings. The zero-order valence-corrected chi connectivity index (χ0v) is 9.82. The maximum absolute atomic E-state index is 11.4. The van der Waals surface area contributed by atoms with Gasteiger partial charge in [0.05, 0.1) is 11.4 Å². The predicted octanol–water partition coefficient (Wildman–Crippen LogP) is 0.248. The van der Waals surface area contributed by atoms with Gasteiger partial charge >= 0.3 is 0 Å². The van der Waals surface area contributed by atoms with Crippen LogP contribution < -0.4 is 5.14 Å². The van der Waals surface area contributed by atoms with Gasteiger partial charge < -0.3 is 0 Å². The number of primary sulfonamides is 1. The van der Waals surface area contributed by atoms with Crippen molar-refractivity contribution in [2.24, 2.45) is 5.14 Å². The van der Waals surface area contributed by atoms with E-state index in [2.05, 4.69) is 10.1 Å². The molecule has 2 heterocycles. The van der Waals surface area contributed by atoms with Crippen LogP contribution in [0.2, 0.25) is 0 Å². The van der Waals surface area contributed by atoms with E-state index in [4.69, 9.17) is 5.14 Å². The van der Waals surface area contributed by atoms with Crippen LogP contribution in [0.5, 0.6) is 0 Å². The maximum atomic E-state index is 11.4. The summed E-state index contributed by atoms with van der Waals surface area (Å²) < 4.78 is 24.1. The van der Waals surface area contributed by atoms with Crippen molar-refractivity contribution in [1.29, 1.82) is 0 Å². The van der Waals surface area contributed by atoms with E-state index in [0.717, 1.165) is 12.1 Å². The molecule has 2 rings (SSSR count). The van der Waals surface area contributed by atoms with Crippen molar-refractivity contribution in [3.05, 3.63) is 23.5 Å². The molecular weight excluding hydrogens is 228 g/mol. The van der Waals surface area contributed by atoms with Gasteiger partial charge in [-0.3, -0.25) is 0 Å². The molecule has 0 aromatic carbocycles. The van der Waals surface area contributed by atoms with Gasteiger partial charge in [-0.25, -0.2) is 23.1 Å². The summed E-state index contributed by atoms with van der Waals surface area (Å²) in [5, 5.41) is 9.26. The van der Waals surface area contributed by atoms with Crippen LogP contribution in [0, 0.1) is 6.92 Å². The number of aryl methyl sites for hydroxylation is 2. The smallest absolute Gasteiger partial charge is 0.231 e. The number of hydrogen-bond acceptors (Lipinski definition) is 4. The Hall–Kier alpha value is -1.47. The summed E-state index contributed by atoms with van der Waals surface area (Å²) in [6.45, 7) is 3.54. The van der Waals surface area contributed by atoms with Gasteiger partial charge in [0, 0.05) is 0 Å². The number of rotatable bonds is 2. The number of nitrogens with two attached hydrogens (primary N) is 1. The van der Waals surface area contributed by atoms with Crippen LogP contribution in [0.4, 0.5) is 0 Å². The molecule has 0 radical (unpaired) electrons. The van der Waals surface area contributed by atoms with Crippen molar-refractivity contribution in [3.63, 3.8) is 0 Å².